The fourth-order valence-corrected chi connectivity index (χ4v) is 5.48. The van der Waals surface area contributed by atoms with Gasteiger partial charge in [-0.05, 0) is 61.0 Å². The molecule has 3 N–H and O–H groups in total. The molecule has 2 heterocycles. The average molecular weight is 625 g/mol. The molecule has 1 fully saturated rings. The molecule has 1 unspecified atom stereocenters. The van der Waals surface area contributed by atoms with Crippen molar-refractivity contribution in [2.75, 3.05) is 26.2 Å². The molecule has 2 aliphatic heterocycles. The largest absolute Gasteiger partial charge is 0.428 e. The average Bonchev–Trinajstić information content (AvgIpc) is 3.65. The number of alkyl halides is 3. The molecule has 3 aromatic carbocycles. The maximum absolute atomic E-state index is 14.5. The fraction of sp³-hybridized carbons (Fsp3) is 0.276. The summed E-state index contributed by atoms with van der Waals surface area (Å²) in [5.41, 5.74) is 2.15. The highest BCUT2D eigenvalue weighted by Gasteiger charge is 2.60. The minimum absolute atomic E-state index is 0.0118. The highest BCUT2D eigenvalue weighted by Crippen LogP contribution is 2.49. The van der Waals surface area contributed by atoms with Gasteiger partial charge in [-0.25, -0.2) is 4.39 Å². The summed E-state index contributed by atoms with van der Waals surface area (Å²) in [6.45, 7) is 3.46. The van der Waals surface area contributed by atoms with E-state index in [9.17, 15) is 22.4 Å². The van der Waals surface area contributed by atoms with Crippen LogP contribution in [0.25, 0.3) is 16.5 Å². The number of hydroxylamine groups is 2. The second-order valence-corrected chi connectivity index (χ2v) is 10.6. The van der Waals surface area contributed by atoms with E-state index in [1.165, 1.54) is 37.4 Å². The maximum atomic E-state index is 14.5. The Balaban J connectivity index is 1.36. The Morgan fingerprint density at radius 3 is 2.45 bits per heavy atom. The van der Waals surface area contributed by atoms with Gasteiger partial charge in [-0.2, -0.15) is 13.2 Å². The predicted octanol–water partition coefficient (Wildman–Crippen LogP) is 6.44. The van der Waals surface area contributed by atoms with E-state index in [1.54, 1.807) is 24.3 Å². The van der Waals surface area contributed by atoms with Gasteiger partial charge in [0.1, 0.15) is 0 Å². The van der Waals surface area contributed by atoms with Crippen molar-refractivity contribution in [3.8, 4) is 0 Å². The number of hydrogen-bond acceptors (Lipinski definition) is 6. The zero-order valence-corrected chi connectivity index (χ0v) is 23.5. The van der Waals surface area contributed by atoms with E-state index in [4.69, 9.17) is 32.9 Å². The molecule has 5 rings (SSSR count). The van der Waals surface area contributed by atoms with Crippen molar-refractivity contribution in [2.45, 2.75) is 24.6 Å². The third kappa shape index (κ3) is 6.06. The summed E-state index contributed by atoms with van der Waals surface area (Å²) in [5.74, 6) is -1.47. The maximum Gasteiger partial charge on any atom is 0.428 e. The molecule has 0 spiro atoms. The van der Waals surface area contributed by atoms with E-state index in [1.807, 2.05) is 0 Å². The van der Waals surface area contributed by atoms with Gasteiger partial charge in [0.25, 0.3) is 5.91 Å². The van der Waals surface area contributed by atoms with Gasteiger partial charge < -0.3 is 10.2 Å². The highest BCUT2D eigenvalue weighted by molar-refractivity contribution is 6.35. The Labute approximate surface area is 248 Å². The first-order chi connectivity index (χ1) is 20.1. The molecule has 0 aliphatic carbocycles. The van der Waals surface area contributed by atoms with Crippen LogP contribution in [0, 0.1) is 5.82 Å². The number of halogens is 6. The topological polar surface area (TPSA) is 74.9 Å². The summed E-state index contributed by atoms with van der Waals surface area (Å²) in [6, 6.07) is 11.4. The number of nitrogens with one attached hydrogen (secondary N) is 3. The van der Waals surface area contributed by atoms with Crippen LogP contribution < -0.4 is 16.3 Å². The summed E-state index contributed by atoms with van der Waals surface area (Å²) >= 11 is 11.6. The Hall–Kier alpha value is -3.35. The molecule has 222 valence electrons. The molecule has 1 saturated heterocycles. The molecule has 1 amide bonds. The van der Waals surface area contributed by atoms with E-state index in [2.05, 4.69) is 21.2 Å². The monoisotopic (exact) mass is 624 g/mol. The number of nitrogens with zero attached hydrogens (tertiary/aromatic N) is 1. The lowest BCUT2D eigenvalue weighted by atomic mass is 9.90. The van der Waals surface area contributed by atoms with Crippen molar-refractivity contribution in [3.05, 3.63) is 99.6 Å². The minimum Gasteiger partial charge on any atom is -0.327 e. The second-order valence-electron chi connectivity index (χ2n) is 9.78. The molecule has 13 heteroatoms. The van der Waals surface area contributed by atoms with Crippen LogP contribution in [0.5, 0.6) is 0 Å². The quantitative estimate of drug-likeness (QED) is 0.110. The molecular formula is C29H26Cl2F4N4O3. The second kappa shape index (κ2) is 12.5. The van der Waals surface area contributed by atoms with Gasteiger partial charge in [-0.1, -0.05) is 53.5 Å². The number of fused-ring (bicyclic) bond motifs is 1. The van der Waals surface area contributed by atoms with Gasteiger partial charge in [0.15, 0.2) is 5.82 Å². The minimum atomic E-state index is -4.97. The van der Waals surface area contributed by atoms with Gasteiger partial charge in [0.2, 0.25) is 5.60 Å². The van der Waals surface area contributed by atoms with Crippen LogP contribution in [-0.4, -0.2) is 43.2 Å². The van der Waals surface area contributed by atoms with Gasteiger partial charge in [0.05, 0.1) is 22.3 Å². The molecule has 0 radical (unpaired) electrons. The van der Waals surface area contributed by atoms with Crippen molar-refractivity contribution in [1.29, 1.82) is 0 Å². The Morgan fingerprint density at radius 1 is 1.07 bits per heavy atom. The van der Waals surface area contributed by atoms with Crippen molar-refractivity contribution in [3.63, 3.8) is 0 Å². The summed E-state index contributed by atoms with van der Waals surface area (Å²) in [4.78, 5) is 25.8. The van der Waals surface area contributed by atoms with Crippen LogP contribution in [0.15, 0.2) is 67.0 Å². The molecule has 2 aliphatic rings. The number of carbonyl (C=O) groups is 1. The molecule has 0 bridgehead atoms. The van der Waals surface area contributed by atoms with Gasteiger partial charge in [-0.3, -0.25) is 25.4 Å². The lowest BCUT2D eigenvalue weighted by Crippen LogP contribution is -2.42. The van der Waals surface area contributed by atoms with Crippen LogP contribution >= 0.6 is 23.2 Å². The number of likely N-dealkylation sites (tertiary alicyclic amines) is 1. The van der Waals surface area contributed by atoms with Crippen LogP contribution in [0.3, 0.4) is 0 Å². The summed E-state index contributed by atoms with van der Waals surface area (Å²) in [7, 11) is 0. The number of carbonyl (C=O) groups excluding carboxylic acids is 1. The lowest BCUT2D eigenvalue weighted by Gasteiger charge is -2.28. The van der Waals surface area contributed by atoms with Crippen molar-refractivity contribution < 1.29 is 32.0 Å². The number of rotatable bonds is 9. The third-order valence-electron chi connectivity index (χ3n) is 7.12. The third-order valence-corrected chi connectivity index (χ3v) is 7.67. The summed E-state index contributed by atoms with van der Waals surface area (Å²) < 4.78 is 57.4. The van der Waals surface area contributed by atoms with Crippen LogP contribution in [0.2, 0.25) is 10.0 Å². The standard InChI is InChI=1S/C29H26Cl2F4N4O3/c30-23-15-18(16-24(31)26(23)32)28(29(33,34)35)17-25(38-42-28)21-7-8-22(20-6-2-1-5-19(20)21)27(40)36-9-10-37-41-14-13-39-11-3-4-12-39/h1-2,5-10,15-17,37-38H,3-4,11-14H2,(H,36,40). The normalized spacial score (nSPS) is 19.3. The number of hydrogen-bond donors (Lipinski definition) is 3. The zero-order valence-electron chi connectivity index (χ0n) is 22.0. The molecule has 42 heavy (non-hydrogen) atoms. The Morgan fingerprint density at radius 2 is 1.76 bits per heavy atom. The van der Waals surface area contributed by atoms with Crippen LogP contribution in [-0.2, 0) is 15.3 Å². The van der Waals surface area contributed by atoms with Crippen molar-refractivity contribution >= 4 is 45.6 Å². The number of amides is 1. The lowest BCUT2D eigenvalue weighted by molar-refractivity contribution is -0.269. The van der Waals surface area contributed by atoms with Crippen LogP contribution in [0.4, 0.5) is 17.6 Å². The highest BCUT2D eigenvalue weighted by atomic mass is 35.5. The van der Waals surface area contributed by atoms with Crippen LogP contribution in [0.1, 0.15) is 34.3 Å². The summed E-state index contributed by atoms with van der Waals surface area (Å²) in [5, 5.41) is 2.48. The van der Waals surface area contributed by atoms with Crippen molar-refractivity contribution in [2.24, 2.45) is 0 Å². The molecule has 7 nitrogen and oxygen atoms in total. The van der Waals surface area contributed by atoms with E-state index >= 15 is 0 Å². The Kier molecular flexibility index (Phi) is 8.95. The fourth-order valence-electron chi connectivity index (χ4n) is 5.00. The molecular weight excluding hydrogens is 599 g/mol. The number of benzene rings is 3. The first kappa shape index (κ1) is 30.1. The first-order valence-corrected chi connectivity index (χ1v) is 13.8. The molecule has 3 aromatic rings. The van der Waals surface area contributed by atoms with Crippen molar-refractivity contribution in [1.82, 2.24) is 21.2 Å². The van der Waals surface area contributed by atoms with Gasteiger partial charge in [-0.15, -0.1) is 0 Å². The van der Waals surface area contributed by atoms with Gasteiger partial charge >= 0.3 is 6.18 Å². The molecule has 0 aromatic heterocycles. The van der Waals surface area contributed by atoms with Gasteiger partial charge in [0, 0.05) is 35.6 Å². The zero-order chi connectivity index (χ0) is 29.9. The summed E-state index contributed by atoms with van der Waals surface area (Å²) in [6.07, 6.45) is 1.12. The smallest absolute Gasteiger partial charge is 0.327 e. The SMILES string of the molecule is O=C(NC=CNOCCN1CCCC1)c1ccc(C2=CC(c3cc(Cl)c(F)c(Cl)c3)(C(F)(F)F)ON2)c2ccccc12. The molecule has 1 atom stereocenters. The Bertz CT molecular complexity index is 1520. The predicted molar refractivity (Wildman–Crippen MR) is 152 cm³/mol. The van der Waals surface area contributed by atoms with E-state index in [0.717, 1.165) is 37.8 Å². The molecule has 0 saturated carbocycles. The van der Waals surface area contributed by atoms with E-state index < -0.39 is 39.1 Å². The van der Waals surface area contributed by atoms with E-state index in [0.29, 0.717) is 28.5 Å². The van der Waals surface area contributed by atoms with E-state index in [-0.39, 0.29) is 5.70 Å². The first-order valence-electron chi connectivity index (χ1n) is 13.1.